The summed E-state index contributed by atoms with van der Waals surface area (Å²) in [6.07, 6.45) is 9.26. The molecule has 1 spiro atoms. The number of carbonyl (C=O) groups excluding carboxylic acids is 2. The van der Waals surface area contributed by atoms with Crippen molar-refractivity contribution in [3.63, 3.8) is 0 Å². The molecule has 1 unspecified atom stereocenters. The number of amides is 2. The molecule has 4 heterocycles. The van der Waals surface area contributed by atoms with Gasteiger partial charge in [0.2, 0.25) is 5.91 Å². The lowest BCUT2D eigenvalue weighted by atomic mass is 9.71. The van der Waals surface area contributed by atoms with Crippen molar-refractivity contribution in [3.05, 3.63) is 30.1 Å². The minimum atomic E-state index is 0.0890. The first-order valence-corrected chi connectivity index (χ1v) is 9.74. The van der Waals surface area contributed by atoms with Crippen molar-refractivity contribution in [1.82, 2.24) is 14.8 Å². The number of likely N-dealkylation sites (tertiary alicyclic amines) is 2. The van der Waals surface area contributed by atoms with Gasteiger partial charge in [-0.15, -0.1) is 0 Å². The van der Waals surface area contributed by atoms with Gasteiger partial charge >= 0.3 is 0 Å². The third-order valence-corrected chi connectivity index (χ3v) is 6.15. The molecule has 0 aromatic carbocycles. The highest BCUT2D eigenvalue weighted by molar-refractivity contribution is 5.94. The number of carbonyl (C=O) groups is 2. The zero-order valence-corrected chi connectivity index (χ0v) is 15.2. The summed E-state index contributed by atoms with van der Waals surface area (Å²) in [5.74, 6) is 0.354. The van der Waals surface area contributed by atoms with Gasteiger partial charge in [-0.1, -0.05) is 0 Å². The highest BCUT2D eigenvalue weighted by Crippen LogP contribution is 2.41. The number of piperidine rings is 1. The molecule has 0 N–H and O–H groups in total. The van der Waals surface area contributed by atoms with Crippen LogP contribution in [0.25, 0.3) is 0 Å². The van der Waals surface area contributed by atoms with Crippen LogP contribution in [0.4, 0.5) is 0 Å². The van der Waals surface area contributed by atoms with Crippen LogP contribution in [0.2, 0.25) is 0 Å². The molecule has 2 amide bonds. The number of aromatic nitrogens is 1. The molecule has 4 rings (SSSR count). The van der Waals surface area contributed by atoms with Crippen molar-refractivity contribution in [2.24, 2.45) is 5.41 Å². The molecule has 0 radical (unpaired) electrons. The van der Waals surface area contributed by atoms with Gasteiger partial charge in [0, 0.05) is 62.6 Å². The van der Waals surface area contributed by atoms with Gasteiger partial charge in [-0.3, -0.25) is 14.6 Å². The van der Waals surface area contributed by atoms with Crippen LogP contribution in [0.5, 0.6) is 0 Å². The van der Waals surface area contributed by atoms with Crippen LogP contribution in [0.3, 0.4) is 0 Å². The smallest absolute Gasteiger partial charge is 0.253 e. The summed E-state index contributed by atoms with van der Waals surface area (Å²) < 4.78 is 5.60. The number of ether oxygens (including phenoxy) is 1. The molecule has 0 saturated carbocycles. The van der Waals surface area contributed by atoms with Gasteiger partial charge in [0.05, 0.1) is 6.10 Å². The summed E-state index contributed by atoms with van der Waals surface area (Å²) in [4.78, 5) is 32.8. The lowest BCUT2D eigenvalue weighted by Gasteiger charge is -2.54. The predicted molar refractivity (Wildman–Crippen MR) is 96.6 cm³/mol. The number of rotatable bonds is 4. The van der Waals surface area contributed by atoms with E-state index < -0.39 is 0 Å². The highest BCUT2D eigenvalue weighted by atomic mass is 16.5. The molecule has 26 heavy (non-hydrogen) atoms. The summed E-state index contributed by atoms with van der Waals surface area (Å²) in [6, 6.07) is 3.54. The van der Waals surface area contributed by atoms with E-state index >= 15 is 0 Å². The second-order valence-electron chi connectivity index (χ2n) is 7.95. The first-order valence-electron chi connectivity index (χ1n) is 9.74. The van der Waals surface area contributed by atoms with Crippen LogP contribution >= 0.6 is 0 Å². The van der Waals surface area contributed by atoms with Gasteiger partial charge in [-0.25, -0.2) is 0 Å². The topological polar surface area (TPSA) is 62.7 Å². The van der Waals surface area contributed by atoms with Crippen LogP contribution in [-0.4, -0.2) is 65.5 Å². The van der Waals surface area contributed by atoms with Crippen molar-refractivity contribution in [1.29, 1.82) is 0 Å². The Hall–Kier alpha value is -1.95. The zero-order chi connectivity index (χ0) is 18.0. The summed E-state index contributed by atoms with van der Waals surface area (Å²) >= 11 is 0. The first kappa shape index (κ1) is 17.5. The van der Waals surface area contributed by atoms with E-state index in [2.05, 4.69) is 4.98 Å². The molecule has 3 aliphatic heterocycles. The normalized spacial score (nSPS) is 24.5. The van der Waals surface area contributed by atoms with Gasteiger partial charge < -0.3 is 14.5 Å². The van der Waals surface area contributed by atoms with E-state index in [1.165, 1.54) is 0 Å². The Balaban J connectivity index is 1.22. The number of pyridine rings is 1. The average Bonchev–Trinajstić information content (AvgIpc) is 3.18. The fourth-order valence-electron chi connectivity index (χ4n) is 4.43. The van der Waals surface area contributed by atoms with Gasteiger partial charge in [0.25, 0.3) is 5.91 Å². The SMILES string of the molecule is O=C(CCC1CCCO1)N1CC2(CCN(C(=O)c3ccncc3)CC2)C1. The Morgan fingerprint density at radius 2 is 1.88 bits per heavy atom. The van der Waals surface area contributed by atoms with Gasteiger partial charge in [-0.05, 0) is 44.2 Å². The van der Waals surface area contributed by atoms with Crippen molar-refractivity contribution in [2.75, 3.05) is 32.8 Å². The molecule has 3 fully saturated rings. The van der Waals surface area contributed by atoms with Crippen LogP contribution in [0, 0.1) is 5.41 Å². The monoisotopic (exact) mass is 357 g/mol. The van der Waals surface area contributed by atoms with E-state index in [0.29, 0.717) is 12.0 Å². The molecule has 1 aromatic heterocycles. The minimum absolute atomic E-state index is 0.0890. The average molecular weight is 357 g/mol. The second kappa shape index (κ2) is 7.35. The molecule has 1 atom stereocenters. The Morgan fingerprint density at radius 1 is 1.15 bits per heavy atom. The molecule has 6 nitrogen and oxygen atoms in total. The van der Waals surface area contributed by atoms with E-state index in [9.17, 15) is 9.59 Å². The van der Waals surface area contributed by atoms with E-state index in [1.807, 2.05) is 9.80 Å². The maximum absolute atomic E-state index is 12.5. The van der Waals surface area contributed by atoms with Gasteiger partial charge in [0.1, 0.15) is 0 Å². The van der Waals surface area contributed by atoms with Crippen LogP contribution < -0.4 is 0 Å². The molecular formula is C20H27N3O3. The summed E-state index contributed by atoms with van der Waals surface area (Å²) in [5.41, 5.74) is 0.935. The summed E-state index contributed by atoms with van der Waals surface area (Å²) in [5, 5.41) is 0. The van der Waals surface area contributed by atoms with Gasteiger partial charge in [-0.2, -0.15) is 0 Å². The molecule has 0 bridgehead atoms. The third-order valence-electron chi connectivity index (χ3n) is 6.15. The molecule has 3 saturated heterocycles. The Morgan fingerprint density at radius 3 is 2.54 bits per heavy atom. The minimum Gasteiger partial charge on any atom is -0.378 e. The molecular weight excluding hydrogens is 330 g/mol. The lowest BCUT2D eigenvalue weighted by Crippen LogP contribution is -2.62. The molecule has 140 valence electrons. The standard InChI is InChI=1S/C20H27N3O3/c24-18(4-3-17-2-1-13-26-17)23-14-20(15-23)7-11-22(12-8-20)19(25)16-5-9-21-10-6-16/h5-6,9-10,17H,1-4,7-8,11-15H2. The highest BCUT2D eigenvalue weighted by Gasteiger charge is 2.47. The first-order chi connectivity index (χ1) is 12.7. The molecule has 3 aliphatic rings. The van der Waals surface area contributed by atoms with Crippen molar-refractivity contribution >= 4 is 11.8 Å². The number of hydrogen-bond donors (Lipinski definition) is 0. The number of hydrogen-bond acceptors (Lipinski definition) is 4. The van der Waals surface area contributed by atoms with Crippen LogP contribution in [-0.2, 0) is 9.53 Å². The maximum atomic E-state index is 12.5. The summed E-state index contributed by atoms with van der Waals surface area (Å²) in [7, 11) is 0. The molecule has 1 aromatic rings. The van der Waals surface area contributed by atoms with Crippen molar-refractivity contribution in [3.8, 4) is 0 Å². The molecule has 0 aliphatic carbocycles. The quantitative estimate of drug-likeness (QED) is 0.828. The lowest BCUT2D eigenvalue weighted by molar-refractivity contribution is -0.147. The van der Waals surface area contributed by atoms with Crippen LogP contribution in [0.15, 0.2) is 24.5 Å². The van der Waals surface area contributed by atoms with E-state index in [0.717, 1.165) is 64.9 Å². The van der Waals surface area contributed by atoms with E-state index in [4.69, 9.17) is 4.74 Å². The third kappa shape index (κ3) is 3.61. The van der Waals surface area contributed by atoms with E-state index in [-0.39, 0.29) is 23.3 Å². The zero-order valence-electron chi connectivity index (χ0n) is 15.2. The Bertz CT molecular complexity index is 642. The summed E-state index contributed by atoms with van der Waals surface area (Å²) in [6.45, 7) is 4.11. The maximum Gasteiger partial charge on any atom is 0.253 e. The van der Waals surface area contributed by atoms with Gasteiger partial charge in [0.15, 0.2) is 0 Å². The van der Waals surface area contributed by atoms with Crippen molar-refractivity contribution in [2.45, 2.75) is 44.6 Å². The fourth-order valence-corrected chi connectivity index (χ4v) is 4.43. The Kier molecular flexibility index (Phi) is 4.94. The fraction of sp³-hybridized carbons (Fsp3) is 0.650. The van der Waals surface area contributed by atoms with E-state index in [1.54, 1.807) is 24.5 Å². The van der Waals surface area contributed by atoms with Crippen molar-refractivity contribution < 1.29 is 14.3 Å². The predicted octanol–water partition coefficient (Wildman–Crippen LogP) is 2.11. The largest absolute Gasteiger partial charge is 0.378 e. The van der Waals surface area contributed by atoms with Crippen LogP contribution in [0.1, 0.15) is 48.9 Å². The Labute approximate surface area is 154 Å². The second-order valence-corrected chi connectivity index (χ2v) is 7.95. The number of nitrogens with zero attached hydrogens (tertiary/aromatic N) is 3. The molecule has 6 heteroatoms.